The molecule has 1 atom stereocenters. The first-order valence-corrected chi connectivity index (χ1v) is 6.10. The van der Waals surface area contributed by atoms with Crippen LogP contribution < -0.4 is 10.2 Å². The number of hydrogen-bond acceptors (Lipinski definition) is 3. The highest BCUT2D eigenvalue weighted by Crippen LogP contribution is 2.16. The maximum absolute atomic E-state index is 11.9. The number of anilines is 1. The largest absolute Gasteiger partial charge is 0.359 e. The molecule has 4 heteroatoms. The number of para-hydroxylation sites is 1. The van der Waals surface area contributed by atoms with Gasteiger partial charge in [-0.25, -0.2) is 0 Å². The van der Waals surface area contributed by atoms with Gasteiger partial charge in [-0.2, -0.15) is 5.26 Å². The molecule has 1 unspecified atom stereocenters. The van der Waals surface area contributed by atoms with Crippen LogP contribution in [0.4, 0.5) is 5.69 Å². The zero-order valence-electron chi connectivity index (χ0n) is 11.0. The molecule has 0 heterocycles. The van der Waals surface area contributed by atoms with Gasteiger partial charge < -0.3 is 10.2 Å². The third kappa shape index (κ3) is 4.37. The van der Waals surface area contributed by atoms with Crippen molar-refractivity contribution in [2.45, 2.75) is 19.4 Å². The van der Waals surface area contributed by atoms with Gasteiger partial charge >= 0.3 is 0 Å². The van der Waals surface area contributed by atoms with Crippen LogP contribution in [0.25, 0.3) is 0 Å². The molecule has 0 fully saturated rings. The summed E-state index contributed by atoms with van der Waals surface area (Å²) in [5, 5.41) is 11.4. The van der Waals surface area contributed by atoms with Crippen molar-refractivity contribution < 1.29 is 4.79 Å². The van der Waals surface area contributed by atoms with E-state index in [1.54, 1.807) is 6.92 Å². The summed E-state index contributed by atoms with van der Waals surface area (Å²) in [5.41, 5.74) is 0.918. The van der Waals surface area contributed by atoms with Crippen LogP contribution in [0.3, 0.4) is 0 Å². The quantitative estimate of drug-likeness (QED) is 0.785. The number of nitriles is 1. The van der Waals surface area contributed by atoms with Crippen molar-refractivity contribution in [3.8, 4) is 18.4 Å². The molecular formula is C15H17N3O. The Kier molecular flexibility index (Phi) is 5.98. The SMILES string of the molecule is C#CCNC(=O)C(C)N(CCC#N)c1ccccc1. The van der Waals surface area contributed by atoms with Gasteiger partial charge in [-0.15, -0.1) is 6.42 Å². The molecule has 0 aliphatic carbocycles. The smallest absolute Gasteiger partial charge is 0.243 e. The molecule has 0 saturated carbocycles. The molecule has 19 heavy (non-hydrogen) atoms. The summed E-state index contributed by atoms with van der Waals surface area (Å²) in [4.78, 5) is 13.8. The molecule has 0 aliphatic heterocycles. The van der Waals surface area contributed by atoms with Crippen LogP contribution in [0.2, 0.25) is 0 Å². The van der Waals surface area contributed by atoms with Crippen molar-refractivity contribution in [1.82, 2.24) is 5.32 Å². The molecular weight excluding hydrogens is 238 g/mol. The maximum Gasteiger partial charge on any atom is 0.243 e. The summed E-state index contributed by atoms with van der Waals surface area (Å²) in [5.74, 6) is 2.23. The number of hydrogen-bond donors (Lipinski definition) is 1. The molecule has 1 amide bonds. The van der Waals surface area contributed by atoms with E-state index >= 15 is 0 Å². The molecule has 4 nitrogen and oxygen atoms in total. The van der Waals surface area contributed by atoms with E-state index in [1.807, 2.05) is 35.2 Å². The third-order valence-electron chi connectivity index (χ3n) is 2.76. The molecule has 0 radical (unpaired) electrons. The van der Waals surface area contributed by atoms with E-state index < -0.39 is 0 Å². The number of carbonyl (C=O) groups excluding carboxylic acids is 1. The second-order valence-corrected chi connectivity index (χ2v) is 4.03. The summed E-state index contributed by atoms with van der Waals surface area (Å²) in [6.45, 7) is 2.52. The van der Waals surface area contributed by atoms with Crippen LogP contribution >= 0.6 is 0 Å². The van der Waals surface area contributed by atoms with Crippen molar-refractivity contribution in [1.29, 1.82) is 5.26 Å². The molecule has 0 aromatic heterocycles. The average molecular weight is 255 g/mol. The summed E-state index contributed by atoms with van der Waals surface area (Å²) < 4.78 is 0. The standard InChI is InChI=1S/C15H17N3O/c1-3-11-17-15(19)13(2)18(12-7-10-16)14-8-5-4-6-9-14/h1,4-6,8-9,13H,7,11-12H2,2H3,(H,17,19). The minimum absolute atomic E-state index is 0.139. The number of carbonyl (C=O) groups is 1. The third-order valence-corrected chi connectivity index (χ3v) is 2.76. The second-order valence-electron chi connectivity index (χ2n) is 4.03. The van der Waals surface area contributed by atoms with E-state index in [2.05, 4.69) is 17.3 Å². The molecule has 1 rings (SSSR count). The van der Waals surface area contributed by atoms with E-state index in [0.717, 1.165) is 5.69 Å². The Labute approximate surface area is 114 Å². The molecule has 0 spiro atoms. The minimum Gasteiger partial charge on any atom is -0.359 e. The first kappa shape index (κ1) is 14.6. The van der Waals surface area contributed by atoms with Crippen LogP contribution in [0.15, 0.2) is 30.3 Å². The van der Waals surface area contributed by atoms with Crippen LogP contribution in [0.5, 0.6) is 0 Å². The van der Waals surface area contributed by atoms with E-state index in [1.165, 1.54) is 0 Å². The van der Waals surface area contributed by atoms with Gasteiger partial charge in [0.15, 0.2) is 0 Å². The number of amides is 1. The van der Waals surface area contributed by atoms with Gasteiger partial charge in [0.05, 0.1) is 19.0 Å². The van der Waals surface area contributed by atoms with Crippen molar-refractivity contribution in [3.05, 3.63) is 30.3 Å². The average Bonchev–Trinajstić information content (AvgIpc) is 2.46. The second kappa shape index (κ2) is 7.79. The van der Waals surface area contributed by atoms with Crippen molar-refractivity contribution >= 4 is 11.6 Å². The molecule has 1 aromatic carbocycles. The van der Waals surface area contributed by atoms with Gasteiger partial charge in [-0.3, -0.25) is 4.79 Å². The normalized spacial score (nSPS) is 10.9. The Bertz CT molecular complexity index is 484. The van der Waals surface area contributed by atoms with E-state index in [9.17, 15) is 4.79 Å². The zero-order chi connectivity index (χ0) is 14.1. The van der Waals surface area contributed by atoms with Gasteiger partial charge in [-0.1, -0.05) is 24.1 Å². The van der Waals surface area contributed by atoms with Gasteiger partial charge in [0.1, 0.15) is 6.04 Å². The Balaban J connectivity index is 2.83. The predicted octanol–water partition coefficient (Wildman–Crippen LogP) is 1.54. The number of nitrogens with zero attached hydrogens (tertiary/aromatic N) is 2. The molecule has 0 aliphatic rings. The van der Waals surface area contributed by atoms with Gasteiger partial charge in [0, 0.05) is 12.2 Å². The van der Waals surface area contributed by atoms with E-state index in [4.69, 9.17) is 11.7 Å². The van der Waals surface area contributed by atoms with Crippen molar-refractivity contribution in [2.75, 3.05) is 18.0 Å². The number of benzene rings is 1. The number of terminal acetylenes is 1. The fourth-order valence-corrected chi connectivity index (χ4v) is 1.76. The zero-order valence-corrected chi connectivity index (χ0v) is 11.0. The van der Waals surface area contributed by atoms with Gasteiger partial charge in [-0.05, 0) is 19.1 Å². The number of rotatable bonds is 6. The molecule has 1 aromatic rings. The predicted molar refractivity (Wildman–Crippen MR) is 75.3 cm³/mol. The summed E-state index contributed by atoms with van der Waals surface area (Å²) in [6, 6.07) is 11.3. The number of nitrogens with one attached hydrogen (secondary N) is 1. The fourth-order valence-electron chi connectivity index (χ4n) is 1.76. The topological polar surface area (TPSA) is 56.1 Å². The maximum atomic E-state index is 11.9. The van der Waals surface area contributed by atoms with Crippen LogP contribution in [-0.4, -0.2) is 25.0 Å². The lowest BCUT2D eigenvalue weighted by Gasteiger charge is -2.29. The van der Waals surface area contributed by atoms with Gasteiger partial charge in [0.25, 0.3) is 0 Å². The molecule has 0 saturated heterocycles. The van der Waals surface area contributed by atoms with Crippen LogP contribution in [-0.2, 0) is 4.79 Å². The Morgan fingerprint density at radius 3 is 2.74 bits per heavy atom. The first-order chi connectivity index (χ1) is 9.20. The van der Waals surface area contributed by atoms with Crippen molar-refractivity contribution in [2.24, 2.45) is 0 Å². The van der Waals surface area contributed by atoms with E-state index in [0.29, 0.717) is 13.0 Å². The van der Waals surface area contributed by atoms with Crippen LogP contribution in [0, 0.1) is 23.7 Å². The highest BCUT2D eigenvalue weighted by molar-refractivity contribution is 5.85. The Morgan fingerprint density at radius 1 is 1.47 bits per heavy atom. The lowest BCUT2D eigenvalue weighted by atomic mass is 10.2. The Morgan fingerprint density at radius 2 is 2.16 bits per heavy atom. The minimum atomic E-state index is -0.371. The fraction of sp³-hybridized carbons (Fsp3) is 0.333. The monoisotopic (exact) mass is 255 g/mol. The molecule has 98 valence electrons. The lowest BCUT2D eigenvalue weighted by molar-refractivity contribution is -0.121. The highest BCUT2D eigenvalue weighted by Gasteiger charge is 2.20. The Hall–Kier alpha value is -2.46. The van der Waals surface area contributed by atoms with Gasteiger partial charge in [0.2, 0.25) is 5.91 Å². The summed E-state index contributed by atoms with van der Waals surface area (Å²) in [6.07, 6.45) is 5.49. The molecule has 0 bridgehead atoms. The lowest BCUT2D eigenvalue weighted by Crippen LogP contribution is -2.45. The van der Waals surface area contributed by atoms with Crippen molar-refractivity contribution in [3.63, 3.8) is 0 Å². The summed E-state index contributed by atoms with van der Waals surface area (Å²) >= 11 is 0. The molecule has 1 N–H and O–H groups in total. The summed E-state index contributed by atoms with van der Waals surface area (Å²) in [7, 11) is 0. The van der Waals surface area contributed by atoms with E-state index in [-0.39, 0.29) is 18.5 Å². The first-order valence-electron chi connectivity index (χ1n) is 6.10. The van der Waals surface area contributed by atoms with Crippen LogP contribution in [0.1, 0.15) is 13.3 Å². The highest BCUT2D eigenvalue weighted by atomic mass is 16.2.